The van der Waals surface area contributed by atoms with Gasteiger partial charge in [-0.2, -0.15) is 5.10 Å². The molecule has 0 spiro atoms. The van der Waals surface area contributed by atoms with Crippen molar-refractivity contribution in [1.29, 1.82) is 0 Å². The van der Waals surface area contributed by atoms with Crippen molar-refractivity contribution in [3.8, 4) is 0 Å². The maximum Gasteiger partial charge on any atom is 0.257 e. The summed E-state index contributed by atoms with van der Waals surface area (Å²) < 4.78 is 1.17. The number of likely N-dealkylation sites (tertiary alicyclic amines) is 1. The number of nitrogens with zero attached hydrogens (tertiary/aromatic N) is 3. The zero-order chi connectivity index (χ0) is 16.7. The number of nitrogens with one attached hydrogen (secondary N) is 2. The van der Waals surface area contributed by atoms with Gasteiger partial charge in [0.2, 0.25) is 0 Å². The zero-order valence-electron chi connectivity index (χ0n) is 13.6. The number of benzene rings is 1. The Morgan fingerprint density at radius 2 is 2.25 bits per heavy atom. The van der Waals surface area contributed by atoms with E-state index in [4.69, 9.17) is 0 Å². The predicted octanol–water partition coefficient (Wildman–Crippen LogP) is 3.04. The third-order valence-electron chi connectivity index (χ3n) is 4.52. The molecule has 124 valence electrons. The van der Waals surface area contributed by atoms with Crippen LogP contribution < -0.4 is 5.32 Å². The molecule has 2 atom stereocenters. The summed E-state index contributed by atoms with van der Waals surface area (Å²) in [4.78, 5) is 19.2. The first-order valence-electron chi connectivity index (χ1n) is 8.05. The number of rotatable bonds is 3. The van der Waals surface area contributed by atoms with Crippen LogP contribution in [0.15, 0.2) is 30.5 Å². The van der Waals surface area contributed by atoms with E-state index in [2.05, 4.69) is 33.5 Å². The number of amides is 1. The molecule has 1 amide bonds. The molecule has 2 unspecified atom stereocenters. The summed E-state index contributed by atoms with van der Waals surface area (Å²) in [5.41, 5.74) is 2.48. The molecule has 6 nitrogen and oxygen atoms in total. The summed E-state index contributed by atoms with van der Waals surface area (Å²) in [7, 11) is 0. The molecule has 0 saturated carbocycles. The number of thiazole rings is 1. The summed E-state index contributed by atoms with van der Waals surface area (Å²) in [5, 5.41) is 11.2. The molecule has 0 bridgehead atoms. The first kappa shape index (κ1) is 15.1. The van der Waals surface area contributed by atoms with Gasteiger partial charge in [0, 0.05) is 24.3 Å². The number of carbonyl (C=O) groups is 1. The molecule has 3 aromatic rings. The number of H-pyrrole nitrogens is 1. The fraction of sp³-hybridized carbons (Fsp3) is 0.353. The Bertz CT molecular complexity index is 853. The molecule has 0 radical (unpaired) electrons. The smallest absolute Gasteiger partial charge is 0.257 e. The van der Waals surface area contributed by atoms with E-state index in [1.54, 1.807) is 17.5 Å². The molecule has 3 heterocycles. The summed E-state index contributed by atoms with van der Waals surface area (Å²) in [6, 6.07) is 8.53. The van der Waals surface area contributed by atoms with E-state index in [-0.39, 0.29) is 18.0 Å². The van der Waals surface area contributed by atoms with E-state index >= 15 is 0 Å². The normalized spacial score (nSPS) is 20.7. The Hall–Kier alpha value is -2.41. The van der Waals surface area contributed by atoms with Crippen molar-refractivity contribution in [3.63, 3.8) is 0 Å². The predicted molar refractivity (Wildman–Crippen MR) is 95.5 cm³/mol. The number of hydrogen-bond donors (Lipinski definition) is 2. The number of aromatic amines is 1. The standard InChI is InChI=1S/C17H19N5OS/c1-10-7-12(9-22(10)16(23)13-8-18-21-11(13)2)19-17-20-14-5-3-4-6-15(14)24-17/h3-6,8,10,12H,7,9H2,1-2H3,(H,18,21)(H,19,20). The van der Waals surface area contributed by atoms with Crippen LogP contribution in [0.4, 0.5) is 5.13 Å². The monoisotopic (exact) mass is 341 g/mol. The van der Waals surface area contributed by atoms with Crippen molar-refractivity contribution in [2.24, 2.45) is 0 Å². The molecule has 7 heteroatoms. The van der Waals surface area contributed by atoms with Gasteiger partial charge in [0.1, 0.15) is 0 Å². The minimum atomic E-state index is 0.0438. The van der Waals surface area contributed by atoms with Crippen LogP contribution in [0.25, 0.3) is 10.2 Å². The molecule has 2 N–H and O–H groups in total. The molecular formula is C17H19N5OS. The Morgan fingerprint density at radius 1 is 1.42 bits per heavy atom. The van der Waals surface area contributed by atoms with Crippen molar-refractivity contribution in [2.45, 2.75) is 32.4 Å². The number of fused-ring (bicyclic) bond motifs is 1. The molecule has 0 aliphatic carbocycles. The summed E-state index contributed by atoms with van der Waals surface area (Å²) in [6.45, 7) is 4.64. The largest absolute Gasteiger partial charge is 0.357 e. The lowest BCUT2D eigenvalue weighted by molar-refractivity contribution is 0.0746. The van der Waals surface area contributed by atoms with E-state index in [0.29, 0.717) is 12.1 Å². The Labute approximate surface area is 143 Å². The molecule has 1 aliphatic rings. The first-order chi connectivity index (χ1) is 11.6. The number of aryl methyl sites for hydroxylation is 1. The molecular weight excluding hydrogens is 322 g/mol. The second-order valence-corrected chi connectivity index (χ2v) is 7.31. The molecule has 4 rings (SSSR count). The molecule has 1 aliphatic heterocycles. The van der Waals surface area contributed by atoms with Gasteiger partial charge < -0.3 is 10.2 Å². The third kappa shape index (κ3) is 2.65. The van der Waals surface area contributed by atoms with Crippen LogP contribution in [0.2, 0.25) is 0 Å². The molecule has 1 fully saturated rings. The van der Waals surface area contributed by atoms with Gasteiger partial charge >= 0.3 is 0 Å². The Balaban J connectivity index is 1.48. The van der Waals surface area contributed by atoms with E-state index < -0.39 is 0 Å². The van der Waals surface area contributed by atoms with E-state index in [0.717, 1.165) is 22.8 Å². The van der Waals surface area contributed by atoms with Gasteiger partial charge in [0.05, 0.1) is 22.0 Å². The van der Waals surface area contributed by atoms with Crippen LogP contribution in [-0.4, -0.2) is 44.6 Å². The maximum absolute atomic E-state index is 12.7. The molecule has 1 aromatic carbocycles. The van der Waals surface area contributed by atoms with Gasteiger partial charge in [0.25, 0.3) is 5.91 Å². The van der Waals surface area contributed by atoms with E-state index in [1.807, 2.05) is 30.0 Å². The summed E-state index contributed by atoms with van der Waals surface area (Å²) in [6.07, 6.45) is 2.53. The maximum atomic E-state index is 12.7. The number of para-hydroxylation sites is 1. The summed E-state index contributed by atoms with van der Waals surface area (Å²) in [5.74, 6) is 0.0438. The minimum Gasteiger partial charge on any atom is -0.357 e. The molecule has 1 saturated heterocycles. The lowest BCUT2D eigenvalue weighted by Gasteiger charge is -2.21. The number of aromatic nitrogens is 3. The van der Waals surface area contributed by atoms with Gasteiger partial charge in [-0.3, -0.25) is 9.89 Å². The van der Waals surface area contributed by atoms with Crippen LogP contribution in [-0.2, 0) is 0 Å². The minimum absolute atomic E-state index is 0.0438. The third-order valence-corrected chi connectivity index (χ3v) is 5.49. The van der Waals surface area contributed by atoms with Crippen LogP contribution in [0.3, 0.4) is 0 Å². The van der Waals surface area contributed by atoms with Gasteiger partial charge in [0.15, 0.2) is 5.13 Å². The van der Waals surface area contributed by atoms with Crippen LogP contribution in [0, 0.1) is 6.92 Å². The fourth-order valence-electron chi connectivity index (χ4n) is 3.25. The van der Waals surface area contributed by atoms with Crippen molar-refractivity contribution < 1.29 is 4.79 Å². The average Bonchev–Trinajstić information content (AvgIpc) is 3.25. The SMILES string of the molecule is Cc1[nH]ncc1C(=O)N1CC(Nc2nc3ccccc3s2)CC1C. The number of hydrogen-bond acceptors (Lipinski definition) is 5. The number of anilines is 1. The van der Waals surface area contributed by atoms with Crippen molar-refractivity contribution >= 4 is 32.6 Å². The van der Waals surface area contributed by atoms with Gasteiger partial charge in [-0.25, -0.2) is 4.98 Å². The highest BCUT2D eigenvalue weighted by atomic mass is 32.1. The van der Waals surface area contributed by atoms with Crippen molar-refractivity contribution in [2.75, 3.05) is 11.9 Å². The lowest BCUT2D eigenvalue weighted by atomic mass is 10.2. The lowest BCUT2D eigenvalue weighted by Crippen LogP contribution is -2.35. The van der Waals surface area contributed by atoms with Crippen LogP contribution >= 0.6 is 11.3 Å². The second kappa shape index (κ2) is 5.90. The Morgan fingerprint density at radius 3 is 3.00 bits per heavy atom. The van der Waals surface area contributed by atoms with Crippen LogP contribution in [0.1, 0.15) is 29.4 Å². The Kier molecular flexibility index (Phi) is 3.72. The van der Waals surface area contributed by atoms with Crippen molar-refractivity contribution in [1.82, 2.24) is 20.1 Å². The highest BCUT2D eigenvalue weighted by Crippen LogP contribution is 2.29. The zero-order valence-corrected chi connectivity index (χ0v) is 14.4. The van der Waals surface area contributed by atoms with Crippen molar-refractivity contribution in [3.05, 3.63) is 41.7 Å². The highest BCUT2D eigenvalue weighted by molar-refractivity contribution is 7.22. The molecule has 2 aromatic heterocycles. The van der Waals surface area contributed by atoms with E-state index in [1.165, 1.54) is 4.70 Å². The topological polar surface area (TPSA) is 73.9 Å². The average molecular weight is 341 g/mol. The quantitative estimate of drug-likeness (QED) is 0.768. The fourth-order valence-corrected chi connectivity index (χ4v) is 4.19. The second-order valence-electron chi connectivity index (χ2n) is 6.28. The first-order valence-corrected chi connectivity index (χ1v) is 8.86. The van der Waals surface area contributed by atoms with Crippen LogP contribution in [0.5, 0.6) is 0 Å². The van der Waals surface area contributed by atoms with Gasteiger partial charge in [-0.15, -0.1) is 0 Å². The molecule has 24 heavy (non-hydrogen) atoms. The summed E-state index contributed by atoms with van der Waals surface area (Å²) >= 11 is 1.65. The highest BCUT2D eigenvalue weighted by Gasteiger charge is 2.34. The van der Waals surface area contributed by atoms with Gasteiger partial charge in [-0.1, -0.05) is 23.5 Å². The van der Waals surface area contributed by atoms with E-state index in [9.17, 15) is 4.79 Å². The van der Waals surface area contributed by atoms with Gasteiger partial charge in [-0.05, 0) is 32.4 Å². The number of carbonyl (C=O) groups excluding carboxylic acids is 1.